The molecule has 2 amide bonds. The third kappa shape index (κ3) is 4.53. The van der Waals surface area contributed by atoms with E-state index in [2.05, 4.69) is 5.32 Å². The Morgan fingerprint density at radius 1 is 1.35 bits per heavy atom. The number of hydrogen-bond acceptors (Lipinski definition) is 4. The second-order valence-electron chi connectivity index (χ2n) is 5.81. The van der Waals surface area contributed by atoms with Gasteiger partial charge >= 0.3 is 0 Å². The highest BCUT2D eigenvalue weighted by Crippen LogP contribution is 2.30. The molecule has 0 atom stereocenters. The van der Waals surface area contributed by atoms with Crippen molar-refractivity contribution in [3.8, 4) is 0 Å². The fourth-order valence-electron chi connectivity index (χ4n) is 2.94. The van der Waals surface area contributed by atoms with Crippen LogP contribution in [0.15, 0.2) is 18.2 Å². The van der Waals surface area contributed by atoms with Gasteiger partial charge in [0.1, 0.15) is 0 Å². The number of rotatable bonds is 7. The Morgan fingerprint density at radius 2 is 2.13 bits per heavy atom. The summed E-state index contributed by atoms with van der Waals surface area (Å²) in [6.07, 6.45) is 1.75. The largest absolute Gasteiger partial charge is 0.395 e. The molecule has 23 heavy (non-hydrogen) atoms. The van der Waals surface area contributed by atoms with E-state index in [1.807, 2.05) is 30.0 Å². The number of aliphatic hydroxyl groups is 1. The number of hydrogen-bond donors (Lipinski definition) is 2. The molecule has 2 rings (SSSR count). The summed E-state index contributed by atoms with van der Waals surface area (Å²) in [5, 5.41) is 11.9. The maximum atomic E-state index is 12.1. The van der Waals surface area contributed by atoms with Gasteiger partial charge in [-0.1, -0.05) is 6.92 Å². The lowest BCUT2D eigenvalue weighted by atomic mass is 10.1. The maximum absolute atomic E-state index is 12.1. The van der Waals surface area contributed by atoms with Gasteiger partial charge in [0.05, 0.1) is 13.2 Å². The average molecular weight is 319 g/mol. The molecule has 1 aromatic rings. The van der Waals surface area contributed by atoms with Crippen LogP contribution in [0.5, 0.6) is 0 Å². The van der Waals surface area contributed by atoms with E-state index in [-0.39, 0.29) is 25.0 Å². The third-order valence-electron chi connectivity index (χ3n) is 3.96. The van der Waals surface area contributed by atoms with Crippen molar-refractivity contribution in [1.29, 1.82) is 0 Å². The number of nitrogens with one attached hydrogen (secondary N) is 1. The Labute approximate surface area is 137 Å². The Hall–Kier alpha value is -1.92. The van der Waals surface area contributed by atoms with Gasteiger partial charge in [-0.15, -0.1) is 0 Å². The number of nitrogens with zero attached hydrogens (tertiary/aromatic N) is 2. The quantitative estimate of drug-likeness (QED) is 0.793. The molecule has 0 bridgehead atoms. The van der Waals surface area contributed by atoms with Crippen molar-refractivity contribution in [2.45, 2.75) is 26.7 Å². The molecule has 0 saturated heterocycles. The number of aliphatic hydroxyl groups excluding tert-OH is 1. The van der Waals surface area contributed by atoms with E-state index in [9.17, 15) is 9.59 Å². The summed E-state index contributed by atoms with van der Waals surface area (Å²) in [5.74, 6) is -0.0481. The zero-order valence-electron chi connectivity index (χ0n) is 13.8. The fraction of sp³-hybridized carbons (Fsp3) is 0.529. The van der Waals surface area contributed by atoms with E-state index in [1.54, 1.807) is 11.8 Å². The second kappa shape index (κ2) is 8.08. The van der Waals surface area contributed by atoms with E-state index in [1.165, 1.54) is 0 Å². The van der Waals surface area contributed by atoms with Crippen molar-refractivity contribution >= 4 is 23.2 Å². The summed E-state index contributed by atoms with van der Waals surface area (Å²) in [5.41, 5.74) is 2.77. The predicted molar refractivity (Wildman–Crippen MR) is 90.6 cm³/mol. The van der Waals surface area contributed by atoms with Crippen LogP contribution in [0.1, 0.15) is 25.8 Å². The van der Waals surface area contributed by atoms with Crippen LogP contribution < -0.4 is 10.2 Å². The van der Waals surface area contributed by atoms with E-state index in [0.717, 1.165) is 36.3 Å². The van der Waals surface area contributed by atoms with Gasteiger partial charge in [-0.2, -0.15) is 0 Å². The second-order valence-corrected chi connectivity index (χ2v) is 5.81. The molecular formula is C17H25N3O3. The molecule has 1 heterocycles. The molecule has 0 aromatic heterocycles. The lowest BCUT2D eigenvalue weighted by molar-refractivity contribution is -0.117. The van der Waals surface area contributed by atoms with E-state index < -0.39 is 0 Å². The first-order valence-corrected chi connectivity index (χ1v) is 8.09. The van der Waals surface area contributed by atoms with Crippen molar-refractivity contribution < 1.29 is 14.7 Å². The molecule has 6 nitrogen and oxygen atoms in total. The highest BCUT2D eigenvalue weighted by Gasteiger charge is 2.22. The van der Waals surface area contributed by atoms with Crippen molar-refractivity contribution in [2.75, 3.05) is 43.0 Å². The van der Waals surface area contributed by atoms with Crippen LogP contribution in [-0.4, -0.2) is 54.6 Å². The topological polar surface area (TPSA) is 72.9 Å². The zero-order chi connectivity index (χ0) is 16.8. The predicted octanol–water partition coefficient (Wildman–Crippen LogP) is 1.24. The lowest BCUT2D eigenvalue weighted by Gasteiger charge is -2.20. The van der Waals surface area contributed by atoms with Crippen molar-refractivity contribution in [3.05, 3.63) is 23.8 Å². The van der Waals surface area contributed by atoms with Gasteiger partial charge in [-0.05, 0) is 43.1 Å². The minimum Gasteiger partial charge on any atom is -0.395 e. The van der Waals surface area contributed by atoms with Crippen LogP contribution >= 0.6 is 0 Å². The minimum absolute atomic E-state index is 0.0414. The molecule has 0 fully saturated rings. The Bertz CT molecular complexity index is 568. The molecule has 2 N–H and O–H groups in total. The summed E-state index contributed by atoms with van der Waals surface area (Å²) in [6.45, 7) is 5.91. The number of benzene rings is 1. The highest BCUT2D eigenvalue weighted by atomic mass is 16.3. The van der Waals surface area contributed by atoms with Crippen LogP contribution in [0.4, 0.5) is 11.4 Å². The lowest BCUT2D eigenvalue weighted by Crippen LogP contribution is -2.35. The van der Waals surface area contributed by atoms with E-state index in [4.69, 9.17) is 5.11 Å². The van der Waals surface area contributed by atoms with Gasteiger partial charge in [-0.25, -0.2) is 0 Å². The van der Waals surface area contributed by atoms with Crippen LogP contribution in [-0.2, 0) is 16.0 Å². The molecule has 0 saturated carbocycles. The van der Waals surface area contributed by atoms with Gasteiger partial charge in [-0.3, -0.25) is 14.5 Å². The molecular weight excluding hydrogens is 294 g/mol. The molecule has 0 aliphatic carbocycles. The smallest absolute Gasteiger partial charge is 0.238 e. The number of carbonyl (C=O) groups excluding carboxylic acids is 2. The van der Waals surface area contributed by atoms with Crippen LogP contribution in [0.3, 0.4) is 0 Å². The van der Waals surface area contributed by atoms with Crippen LogP contribution in [0.2, 0.25) is 0 Å². The highest BCUT2D eigenvalue weighted by molar-refractivity contribution is 5.96. The van der Waals surface area contributed by atoms with Gasteiger partial charge in [0.15, 0.2) is 0 Å². The van der Waals surface area contributed by atoms with Gasteiger partial charge in [0.2, 0.25) is 11.8 Å². The number of anilines is 2. The molecule has 1 aromatic carbocycles. The number of amides is 2. The van der Waals surface area contributed by atoms with E-state index >= 15 is 0 Å². The van der Waals surface area contributed by atoms with Crippen molar-refractivity contribution in [2.24, 2.45) is 0 Å². The van der Waals surface area contributed by atoms with Gasteiger partial charge in [0.25, 0.3) is 0 Å². The Balaban J connectivity index is 1.98. The van der Waals surface area contributed by atoms with Crippen molar-refractivity contribution in [1.82, 2.24) is 4.90 Å². The molecule has 0 spiro atoms. The van der Waals surface area contributed by atoms with Crippen LogP contribution in [0.25, 0.3) is 0 Å². The molecule has 0 radical (unpaired) electrons. The molecule has 126 valence electrons. The van der Waals surface area contributed by atoms with E-state index in [0.29, 0.717) is 13.1 Å². The Morgan fingerprint density at radius 3 is 2.78 bits per heavy atom. The number of carbonyl (C=O) groups is 2. The summed E-state index contributed by atoms with van der Waals surface area (Å²) in [4.78, 5) is 27.4. The zero-order valence-corrected chi connectivity index (χ0v) is 13.8. The maximum Gasteiger partial charge on any atom is 0.238 e. The van der Waals surface area contributed by atoms with Crippen molar-refractivity contribution in [3.63, 3.8) is 0 Å². The molecule has 6 heteroatoms. The van der Waals surface area contributed by atoms with Crippen LogP contribution in [0, 0.1) is 0 Å². The molecule has 0 unspecified atom stereocenters. The summed E-state index contributed by atoms with van der Waals surface area (Å²) in [7, 11) is 0. The first kappa shape index (κ1) is 17.4. The van der Waals surface area contributed by atoms with Gasteiger partial charge in [0, 0.05) is 31.4 Å². The first-order valence-electron chi connectivity index (χ1n) is 8.09. The third-order valence-corrected chi connectivity index (χ3v) is 3.96. The minimum atomic E-state index is -0.0896. The SMILES string of the molecule is CCCN(CCO)CC(=O)Nc1ccc2c(c1)CCN2C(C)=O. The summed E-state index contributed by atoms with van der Waals surface area (Å²) >= 11 is 0. The first-order chi connectivity index (χ1) is 11.0. The average Bonchev–Trinajstić information content (AvgIpc) is 2.91. The monoisotopic (exact) mass is 319 g/mol. The van der Waals surface area contributed by atoms with Gasteiger partial charge < -0.3 is 15.3 Å². The summed E-state index contributed by atoms with van der Waals surface area (Å²) in [6, 6.07) is 5.65. The molecule has 1 aliphatic heterocycles. The Kier molecular flexibility index (Phi) is 6.12. The summed E-state index contributed by atoms with van der Waals surface area (Å²) < 4.78 is 0. The number of fused-ring (bicyclic) bond motifs is 1. The molecule has 1 aliphatic rings. The fourth-order valence-corrected chi connectivity index (χ4v) is 2.94. The normalized spacial score (nSPS) is 13.3. The standard InChI is InChI=1S/C17H25N3O3/c1-3-7-19(9-10-21)12-17(23)18-15-4-5-16-14(11-15)6-8-20(16)13(2)22/h4-5,11,21H,3,6-10,12H2,1-2H3,(H,18,23).